The lowest BCUT2D eigenvalue weighted by Gasteiger charge is -2.24. The van der Waals surface area contributed by atoms with Crippen LogP contribution in [0, 0.1) is 18.7 Å². The van der Waals surface area contributed by atoms with Gasteiger partial charge in [-0.2, -0.15) is 0 Å². The summed E-state index contributed by atoms with van der Waals surface area (Å²) < 4.78 is 18.7. The van der Waals surface area contributed by atoms with Crippen LogP contribution in [0.4, 0.5) is 4.39 Å². The summed E-state index contributed by atoms with van der Waals surface area (Å²) in [5.41, 5.74) is 8.44. The molecular formula is C15H22FNO. The van der Waals surface area contributed by atoms with E-state index < -0.39 is 0 Å². The maximum absolute atomic E-state index is 13.1. The zero-order valence-corrected chi connectivity index (χ0v) is 11.2. The van der Waals surface area contributed by atoms with Crippen LogP contribution < -0.4 is 5.73 Å². The molecule has 1 saturated heterocycles. The molecule has 100 valence electrons. The maximum atomic E-state index is 13.1. The summed E-state index contributed by atoms with van der Waals surface area (Å²) in [6.45, 7) is 4.89. The Hall–Kier alpha value is -0.930. The van der Waals surface area contributed by atoms with Gasteiger partial charge in [0.2, 0.25) is 0 Å². The molecule has 2 N–H and O–H groups in total. The van der Waals surface area contributed by atoms with E-state index in [2.05, 4.69) is 6.92 Å². The monoisotopic (exact) mass is 251 g/mol. The highest BCUT2D eigenvalue weighted by atomic mass is 19.1. The number of halogens is 1. The molecule has 2 rings (SSSR count). The van der Waals surface area contributed by atoms with Crippen molar-refractivity contribution in [2.45, 2.75) is 45.3 Å². The predicted molar refractivity (Wildman–Crippen MR) is 71.0 cm³/mol. The Labute approximate surface area is 108 Å². The van der Waals surface area contributed by atoms with Crippen LogP contribution in [0.5, 0.6) is 0 Å². The van der Waals surface area contributed by atoms with Crippen molar-refractivity contribution in [3.05, 3.63) is 35.1 Å². The van der Waals surface area contributed by atoms with Crippen LogP contribution in [-0.4, -0.2) is 18.8 Å². The second-order valence-electron chi connectivity index (χ2n) is 5.21. The van der Waals surface area contributed by atoms with Crippen LogP contribution in [-0.2, 0) is 11.2 Å². The van der Waals surface area contributed by atoms with Gasteiger partial charge in [0, 0.05) is 18.6 Å². The minimum atomic E-state index is -0.180. The van der Waals surface area contributed by atoms with Gasteiger partial charge in [-0.1, -0.05) is 13.0 Å². The molecule has 2 nitrogen and oxygen atoms in total. The molecule has 0 amide bonds. The molecular weight excluding hydrogens is 229 g/mol. The van der Waals surface area contributed by atoms with E-state index in [-0.39, 0.29) is 11.9 Å². The molecule has 1 heterocycles. The van der Waals surface area contributed by atoms with Gasteiger partial charge in [-0.3, -0.25) is 0 Å². The van der Waals surface area contributed by atoms with Crippen molar-refractivity contribution in [1.82, 2.24) is 0 Å². The van der Waals surface area contributed by atoms with E-state index in [0.717, 1.165) is 37.0 Å². The van der Waals surface area contributed by atoms with Crippen molar-refractivity contribution in [3.8, 4) is 0 Å². The van der Waals surface area contributed by atoms with Crippen molar-refractivity contribution >= 4 is 0 Å². The van der Waals surface area contributed by atoms with Crippen LogP contribution in [0.3, 0.4) is 0 Å². The summed E-state index contributed by atoms with van der Waals surface area (Å²) >= 11 is 0. The molecule has 0 aromatic heterocycles. The van der Waals surface area contributed by atoms with Crippen LogP contribution in [0.15, 0.2) is 18.2 Å². The number of aryl methyl sites for hydroxylation is 1. The van der Waals surface area contributed by atoms with E-state index in [1.807, 2.05) is 13.0 Å². The Morgan fingerprint density at radius 3 is 2.94 bits per heavy atom. The molecule has 1 aliphatic heterocycles. The van der Waals surface area contributed by atoms with E-state index in [1.165, 1.54) is 6.07 Å². The first-order chi connectivity index (χ1) is 8.61. The van der Waals surface area contributed by atoms with E-state index in [9.17, 15) is 4.39 Å². The van der Waals surface area contributed by atoms with Crippen LogP contribution in [0.25, 0.3) is 0 Å². The lowest BCUT2D eigenvalue weighted by Crippen LogP contribution is -2.37. The Morgan fingerprint density at radius 1 is 1.50 bits per heavy atom. The average Bonchev–Trinajstić information content (AvgIpc) is 2.81. The molecule has 1 fully saturated rings. The van der Waals surface area contributed by atoms with Crippen molar-refractivity contribution < 1.29 is 9.13 Å². The molecule has 0 saturated carbocycles. The fraction of sp³-hybridized carbons (Fsp3) is 0.600. The molecule has 3 atom stereocenters. The summed E-state index contributed by atoms with van der Waals surface area (Å²) in [5.74, 6) is 0.250. The first kappa shape index (κ1) is 13.5. The summed E-state index contributed by atoms with van der Waals surface area (Å²) in [6, 6.07) is 5.03. The Morgan fingerprint density at radius 2 is 2.28 bits per heavy atom. The van der Waals surface area contributed by atoms with Gasteiger partial charge in [0.05, 0.1) is 6.10 Å². The van der Waals surface area contributed by atoms with Crippen molar-refractivity contribution in [1.29, 1.82) is 0 Å². The van der Waals surface area contributed by atoms with E-state index in [1.54, 1.807) is 6.07 Å². The first-order valence-corrected chi connectivity index (χ1v) is 6.74. The number of hydrogen-bond acceptors (Lipinski definition) is 2. The third kappa shape index (κ3) is 2.90. The summed E-state index contributed by atoms with van der Waals surface area (Å²) in [5, 5.41) is 0. The van der Waals surface area contributed by atoms with Crippen molar-refractivity contribution in [3.63, 3.8) is 0 Å². The largest absolute Gasteiger partial charge is 0.378 e. The van der Waals surface area contributed by atoms with Gasteiger partial charge in [0.1, 0.15) is 5.82 Å². The highest BCUT2D eigenvalue weighted by molar-refractivity contribution is 5.27. The topological polar surface area (TPSA) is 35.2 Å². The van der Waals surface area contributed by atoms with Gasteiger partial charge in [0.25, 0.3) is 0 Å². The molecule has 18 heavy (non-hydrogen) atoms. The van der Waals surface area contributed by atoms with Crippen molar-refractivity contribution in [2.24, 2.45) is 11.7 Å². The number of ether oxygens (including phenoxy) is 1. The molecule has 3 unspecified atom stereocenters. The second-order valence-corrected chi connectivity index (χ2v) is 5.21. The van der Waals surface area contributed by atoms with Gasteiger partial charge in [0.15, 0.2) is 0 Å². The maximum Gasteiger partial charge on any atom is 0.123 e. The third-order valence-electron chi connectivity index (χ3n) is 3.97. The van der Waals surface area contributed by atoms with Gasteiger partial charge in [-0.25, -0.2) is 4.39 Å². The molecule has 0 radical (unpaired) electrons. The molecule has 3 heteroatoms. The number of hydrogen-bond donors (Lipinski definition) is 1. The Kier molecular flexibility index (Phi) is 4.36. The number of rotatable bonds is 4. The zero-order chi connectivity index (χ0) is 13.1. The van der Waals surface area contributed by atoms with Gasteiger partial charge in [-0.15, -0.1) is 0 Å². The first-order valence-electron chi connectivity index (χ1n) is 6.74. The fourth-order valence-electron chi connectivity index (χ4n) is 2.87. The predicted octanol–water partition coefficient (Wildman–Crippen LogP) is 2.82. The fourth-order valence-corrected chi connectivity index (χ4v) is 2.87. The quantitative estimate of drug-likeness (QED) is 0.893. The van der Waals surface area contributed by atoms with Crippen LogP contribution >= 0.6 is 0 Å². The SMILES string of the molecule is CCC1OCCC1C(N)Cc1ccc(F)cc1C. The van der Waals surface area contributed by atoms with Crippen LogP contribution in [0.1, 0.15) is 30.9 Å². The molecule has 1 aromatic rings. The van der Waals surface area contributed by atoms with E-state index >= 15 is 0 Å². The van der Waals surface area contributed by atoms with Gasteiger partial charge in [-0.05, 0) is 49.4 Å². The number of benzene rings is 1. The molecule has 1 aliphatic rings. The summed E-state index contributed by atoms with van der Waals surface area (Å²) in [4.78, 5) is 0. The molecule has 0 spiro atoms. The smallest absolute Gasteiger partial charge is 0.123 e. The Bertz CT molecular complexity index is 407. The summed E-state index contributed by atoms with van der Waals surface area (Å²) in [7, 11) is 0. The minimum absolute atomic E-state index is 0.0987. The van der Waals surface area contributed by atoms with Crippen LogP contribution in [0.2, 0.25) is 0 Å². The van der Waals surface area contributed by atoms with Gasteiger partial charge >= 0.3 is 0 Å². The second kappa shape index (κ2) is 5.81. The lowest BCUT2D eigenvalue weighted by molar-refractivity contribution is 0.0814. The van der Waals surface area contributed by atoms with Crippen molar-refractivity contribution in [2.75, 3.05) is 6.61 Å². The molecule has 1 aromatic carbocycles. The van der Waals surface area contributed by atoms with E-state index in [4.69, 9.17) is 10.5 Å². The lowest BCUT2D eigenvalue weighted by atomic mass is 9.87. The third-order valence-corrected chi connectivity index (χ3v) is 3.97. The average molecular weight is 251 g/mol. The van der Waals surface area contributed by atoms with E-state index in [0.29, 0.717) is 12.0 Å². The molecule has 0 bridgehead atoms. The highest BCUT2D eigenvalue weighted by Crippen LogP contribution is 2.27. The number of nitrogens with two attached hydrogens (primary N) is 1. The van der Waals surface area contributed by atoms with Gasteiger partial charge < -0.3 is 10.5 Å². The Balaban J connectivity index is 2.04. The standard InChI is InChI=1S/C15H22FNO/c1-3-15-13(6-7-18-15)14(17)9-11-4-5-12(16)8-10(11)2/h4-5,8,13-15H,3,6-7,9,17H2,1-2H3. The highest BCUT2D eigenvalue weighted by Gasteiger charge is 2.31. The summed E-state index contributed by atoms with van der Waals surface area (Å²) in [6.07, 6.45) is 3.15. The zero-order valence-electron chi connectivity index (χ0n) is 11.2. The molecule has 0 aliphatic carbocycles. The normalized spacial score (nSPS) is 25.3. The minimum Gasteiger partial charge on any atom is -0.378 e.